The third kappa shape index (κ3) is 2.50. The highest BCUT2D eigenvalue weighted by Gasteiger charge is 2.16. The molecule has 0 N–H and O–H groups in total. The molecule has 0 saturated carbocycles. The summed E-state index contributed by atoms with van der Waals surface area (Å²) in [4.78, 5) is 13.6. The average molecular weight is 220 g/mol. The van der Waals surface area contributed by atoms with E-state index in [9.17, 15) is 0 Å². The average Bonchev–Trinajstić information content (AvgIpc) is 2.30. The number of anilines is 1. The molecule has 0 amide bonds. The van der Waals surface area contributed by atoms with Crippen LogP contribution in [0.4, 0.5) is 5.95 Å². The molecule has 2 heterocycles. The second kappa shape index (κ2) is 4.78. The highest BCUT2D eigenvalue weighted by molar-refractivity contribution is 5.31. The maximum Gasteiger partial charge on any atom is 0.225 e. The molecule has 4 nitrogen and oxygen atoms in total. The normalized spacial score (nSPS) is 18.1. The van der Waals surface area contributed by atoms with Gasteiger partial charge >= 0.3 is 0 Å². The van der Waals surface area contributed by atoms with Crippen LogP contribution in [-0.2, 0) is 0 Å². The minimum atomic E-state index is 0.467. The number of hydrogen-bond acceptors (Lipinski definition) is 4. The van der Waals surface area contributed by atoms with Crippen molar-refractivity contribution >= 4 is 5.95 Å². The molecule has 88 valence electrons. The number of aromatic nitrogens is 2. The lowest BCUT2D eigenvalue weighted by atomic mass is 10.1. The monoisotopic (exact) mass is 220 g/mol. The summed E-state index contributed by atoms with van der Waals surface area (Å²) < 4.78 is 0. The van der Waals surface area contributed by atoms with E-state index in [1.54, 1.807) is 0 Å². The summed E-state index contributed by atoms with van der Waals surface area (Å²) in [5.74, 6) is 1.36. The number of likely N-dealkylation sites (N-methyl/N-ethyl adjacent to an activating group) is 1. The van der Waals surface area contributed by atoms with Gasteiger partial charge in [-0.3, -0.25) is 0 Å². The van der Waals surface area contributed by atoms with Crippen LogP contribution < -0.4 is 4.90 Å². The Balaban J connectivity index is 2.11. The van der Waals surface area contributed by atoms with Crippen LogP contribution in [0.5, 0.6) is 0 Å². The summed E-state index contributed by atoms with van der Waals surface area (Å²) in [6.45, 7) is 8.56. The molecule has 0 aliphatic carbocycles. The zero-order valence-electron chi connectivity index (χ0n) is 10.3. The summed E-state index contributed by atoms with van der Waals surface area (Å²) >= 11 is 0. The maximum absolute atomic E-state index is 4.62. The first kappa shape index (κ1) is 11.3. The number of hydrogen-bond donors (Lipinski definition) is 0. The summed E-state index contributed by atoms with van der Waals surface area (Å²) in [6, 6.07) is 2.00. The zero-order valence-corrected chi connectivity index (χ0v) is 10.3. The lowest BCUT2D eigenvalue weighted by Gasteiger charge is -2.32. The SMILES string of the molecule is CC(C)c1ccnc(N2CCN(C)CC2)n1. The molecule has 1 saturated heterocycles. The lowest BCUT2D eigenvalue weighted by molar-refractivity contribution is 0.311. The minimum Gasteiger partial charge on any atom is -0.338 e. The Labute approximate surface area is 97.3 Å². The van der Waals surface area contributed by atoms with E-state index in [-0.39, 0.29) is 0 Å². The number of piperazine rings is 1. The van der Waals surface area contributed by atoms with E-state index in [4.69, 9.17) is 0 Å². The zero-order chi connectivity index (χ0) is 11.5. The van der Waals surface area contributed by atoms with Crippen molar-refractivity contribution < 1.29 is 0 Å². The fourth-order valence-corrected chi connectivity index (χ4v) is 1.84. The molecule has 0 spiro atoms. The van der Waals surface area contributed by atoms with E-state index in [2.05, 4.69) is 40.7 Å². The molecule has 2 rings (SSSR count). The topological polar surface area (TPSA) is 32.3 Å². The molecule has 16 heavy (non-hydrogen) atoms. The Morgan fingerprint density at radius 1 is 1.19 bits per heavy atom. The van der Waals surface area contributed by atoms with Gasteiger partial charge in [-0.1, -0.05) is 13.8 Å². The summed E-state index contributed by atoms with van der Waals surface area (Å²) in [5.41, 5.74) is 1.13. The van der Waals surface area contributed by atoms with Crippen molar-refractivity contribution in [2.45, 2.75) is 19.8 Å². The van der Waals surface area contributed by atoms with Crippen molar-refractivity contribution in [3.05, 3.63) is 18.0 Å². The summed E-state index contributed by atoms with van der Waals surface area (Å²) in [6.07, 6.45) is 1.87. The van der Waals surface area contributed by atoms with E-state index in [1.165, 1.54) is 0 Å². The van der Waals surface area contributed by atoms with Crippen LogP contribution in [0.15, 0.2) is 12.3 Å². The van der Waals surface area contributed by atoms with Gasteiger partial charge in [0.05, 0.1) is 0 Å². The maximum atomic E-state index is 4.62. The standard InChI is InChI=1S/C12H20N4/c1-10(2)11-4-5-13-12(14-11)16-8-6-15(3)7-9-16/h4-5,10H,6-9H2,1-3H3. The molecule has 1 aliphatic heterocycles. The lowest BCUT2D eigenvalue weighted by Crippen LogP contribution is -2.45. The van der Waals surface area contributed by atoms with Crippen LogP contribution in [0.3, 0.4) is 0 Å². The predicted octanol–water partition coefficient (Wildman–Crippen LogP) is 1.35. The second-order valence-corrected chi connectivity index (χ2v) is 4.73. The molecule has 0 aromatic carbocycles. The molecule has 0 atom stereocenters. The molecule has 0 unspecified atom stereocenters. The van der Waals surface area contributed by atoms with Gasteiger partial charge in [-0.15, -0.1) is 0 Å². The molecule has 1 aromatic rings. The third-order valence-electron chi connectivity index (χ3n) is 3.04. The Hall–Kier alpha value is -1.16. The van der Waals surface area contributed by atoms with Gasteiger partial charge in [0.1, 0.15) is 0 Å². The second-order valence-electron chi connectivity index (χ2n) is 4.73. The predicted molar refractivity (Wildman–Crippen MR) is 65.8 cm³/mol. The molecule has 1 aliphatic rings. The highest BCUT2D eigenvalue weighted by atomic mass is 15.3. The fraction of sp³-hybridized carbons (Fsp3) is 0.667. The molecular weight excluding hydrogens is 200 g/mol. The molecule has 4 heteroatoms. The molecular formula is C12H20N4. The first-order chi connectivity index (χ1) is 7.66. The number of rotatable bonds is 2. The van der Waals surface area contributed by atoms with Crippen molar-refractivity contribution in [3.8, 4) is 0 Å². The summed E-state index contributed by atoms with van der Waals surface area (Å²) in [5, 5.41) is 0. The molecule has 0 radical (unpaired) electrons. The summed E-state index contributed by atoms with van der Waals surface area (Å²) in [7, 11) is 2.16. The van der Waals surface area contributed by atoms with Gasteiger partial charge in [0, 0.05) is 38.1 Å². The largest absolute Gasteiger partial charge is 0.338 e. The number of nitrogens with zero attached hydrogens (tertiary/aromatic N) is 4. The van der Waals surface area contributed by atoms with Crippen molar-refractivity contribution in [3.63, 3.8) is 0 Å². The van der Waals surface area contributed by atoms with E-state index in [1.807, 2.05) is 12.3 Å². The third-order valence-corrected chi connectivity index (χ3v) is 3.04. The van der Waals surface area contributed by atoms with E-state index < -0.39 is 0 Å². The van der Waals surface area contributed by atoms with Crippen LogP contribution in [0.25, 0.3) is 0 Å². The van der Waals surface area contributed by atoms with Gasteiger partial charge in [0.2, 0.25) is 5.95 Å². The first-order valence-electron chi connectivity index (χ1n) is 5.93. The van der Waals surface area contributed by atoms with Crippen LogP contribution in [-0.4, -0.2) is 48.1 Å². The van der Waals surface area contributed by atoms with E-state index in [0.29, 0.717) is 5.92 Å². The van der Waals surface area contributed by atoms with Crippen molar-refractivity contribution in [1.82, 2.24) is 14.9 Å². The highest BCUT2D eigenvalue weighted by Crippen LogP contribution is 2.15. The van der Waals surface area contributed by atoms with Gasteiger partial charge in [-0.25, -0.2) is 9.97 Å². The van der Waals surface area contributed by atoms with Crippen molar-refractivity contribution in [1.29, 1.82) is 0 Å². The Morgan fingerprint density at radius 3 is 2.50 bits per heavy atom. The van der Waals surface area contributed by atoms with Crippen LogP contribution in [0, 0.1) is 0 Å². The van der Waals surface area contributed by atoms with E-state index in [0.717, 1.165) is 37.8 Å². The van der Waals surface area contributed by atoms with Gasteiger partial charge in [-0.05, 0) is 19.0 Å². The Morgan fingerprint density at radius 2 is 1.88 bits per heavy atom. The Kier molecular flexibility index (Phi) is 3.39. The molecule has 1 fully saturated rings. The van der Waals surface area contributed by atoms with Crippen LogP contribution in [0.1, 0.15) is 25.5 Å². The Bertz CT molecular complexity index is 343. The van der Waals surface area contributed by atoms with Crippen LogP contribution >= 0.6 is 0 Å². The smallest absolute Gasteiger partial charge is 0.225 e. The van der Waals surface area contributed by atoms with Gasteiger partial charge in [0.25, 0.3) is 0 Å². The molecule has 1 aromatic heterocycles. The van der Waals surface area contributed by atoms with Crippen molar-refractivity contribution in [2.75, 3.05) is 38.1 Å². The van der Waals surface area contributed by atoms with Gasteiger partial charge in [-0.2, -0.15) is 0 Å². The quantitative estimate of drug-likeness (QED) is 0.753. The van der Waals surface area contributed by atoms with Crippen LogP contribution in [0.2, 0.25) is 0 Å². The van der Waals surface area contributed by atoms with Crippen molar-refractivity contribution in [2.24, 2.45) is 0 Å². The van der Waals surface area contributed by atoms with Gasteiger partial charge < -0.3 is 9.80 Å². The fourth-order valence-electron chi connectivity index (χ4n) is 1.84. The minimum absolute atomic E-state index is 0.467. The van der Waals surface area contributed by atoms with Gasteiger partial charge in [0.15, 0.2) is 0 Å². The van der Waals surface area contributed by atoms with E-state index >= 15 is 0 Å². The molecule has 0 bridgehead atoms. The first-order valence-corrected chi connectivity index (χ1v) is 5.93.